The minimum Gasteiger partial charge on any atom is -0.462 e. The lowest BCUT2D eigenvalue weighted by Crippen LogP contribution is -2.30. The maximum atomic E-state index is 12.8. The molecule has 0 aliphatic carbocycles. The highest BCUT2D eigenvalue weighted by atomic mass is 16.6. The highest BCUT2D eigenvalue weighted by Gasteiger charge is 2.19. The maximum absolute atomic E-state index is 12.8. The number of hydrogen-bond acceptors (Lipinski definition) is 6. The zero-order valence-corrected chi connectivity index (χ0v) is 43.8. The smallest absolute Gasteiger partial charge is 0.306 e. The van der Waals surface area contributed by atoms with Crippen LogP contribution >= 0.6 is 0 Å². The minimum atomic E-state index is -0.770. The van der Waals surface area contributed by atoms with E-state index in [-0.39, 0.29) is 31.1 Å². The van der Waals surface area contributed by atoms with Gasteiger partial charge in [-0.1, -0.05) is 270 Å². The van der Waals surface area contributed by atoms with Crippen LogP contribution < -0.4 is 0 Å². The van der Waals surface area contributed by atoms with E-state index in [0.717, 1.165) is 70.6 Å². The zero-order chi connectivity index (χ0) is 47.2. The van der Waals surface area contributed by atoms with Gasteiger partial charge >= 0.3 is 17.9 Å². The highest BCUT2D eigenvalue weighted by Crippen LogP contribution is 2.17. The maximum Gasteiger partial charge on any atom is 0.306 e. The van der Waals surface area contributed by atoms with Crippen molar-refractivity contribution in [3.63, 3.8) is 0 Å². The Balaban J connectivity index is 4.27. The Bertz CT molecular complexity index is 1050. The molecule has 0 aliphatic rings. The molecule has 6 nitrogen and oxygen atoms in total. The molecule has 0 spiro atoms. The van der Waals surface area contributed by atoms with E-state index in [2.05, 4.69) is 45.1 Å². The number of rotatable bonds is 53. The van der Waals surface area contributed by atoms with Gasteiger partial charge < -0.3 is 14.2 Å². The first-order valence-electron chi connectivity index (χ1n) is 28.8. The molecule has 0 fully saturated rings. The van der Waals surface area contributed by atoms with Gasteiger partial charge in [-0.3, -0.25) is 14.4 Å². The van der Waals surface area contributed by atoms with Crippen molar-refractivity contribution < 1.29 is 28.6 Å². The van der Waals surface area contributed by atoms with Crippen LogP contribution in [-0.4, -0.2) is 37.2 Å². The van der Waals surface area contributed by atoms with Crippen LogP contribution in [0.15, 0.2) is 24.3 Å². The predicted molar refractivity (Wildman–Crippen MR) is 279 cm³/mol. The molecule has 0 heterocycles. The lowest BCUT2D eigenvalue weighted by molar-refractivity contribution is -0.167. The average Bonchev–Trinajstić information content (AvgIpc) is 3.30. The van der Waals surface area contributed by atoms with Crippen LogP contribution in [-0.2, 0) is 28.6 Å². The molecule has 0 radical (unpaired) electrons. The van der Waals surface area contributed by atoms with Crippen molar-refractivity contribution in [1.29, 1.82) is 0 Å². The van der Waals surface area contributed by atoms with Gasteiger partial charge in [0, 0.05) is 19.3 Å². The number of hydrogen-bond donors (Lipinski definition) is 0. The molecule has 65 heavy (non-hydrogen) atoms. The lowest BCUT2D eigenvalue weighted by atomic mass is 10.0. The van der Waals surface area contributed by atoms with Crippen LogP contribution in [0.5, 0.6) is 0 Å². The van der Waals surface area contributed by atoms with E-state index in [9.17, 15) is 14.4 Å². The SMILES string of the molecule is CCCCCC/C=C\C/C=C\CCCCCCCCCC(=O)OC(COC(=O)CCCCCCCCCCCC)COC(=O)CCCCCCCCCCCCCCCCCCCCC. The van der Waals surface area contributed by atoms with Gasteiger partial charge in [0.2, 0.25) is 0 Å². The van der Waals surface area contributed by atoms with Gasteiger partial charge in [-0.2, -0.15) is 0 Å². The Hall–Kier alpha value is -2.11. The third-order valence-corrected chi connectivity index (χ3v) is 13.0. The Morgan fingerprint density at radius 2 is 0.554 bits per heavy atom. The van der Waals surface area contributed by atoms with Gasteiger partial charge in [-0.15, -0.1) is 0 Å². The van der Waals surface area contributed by atoms with Gasteiger partial charge in [-0.05, 0) is 51.4 Å². The van der Waals surface area contributed by atoms with Gasteiger partial charge in [0.15, 0.2) is 6.10 Å². The van der Waals surface area contributed by atoms with Crippen LogP contribution in [0, 0.1) is 0 Å². The summed E-state index contributed by atoms with van der Waals surface area (Å²) in [6.07, 6.45) is 63.1. The third-order valence-electron chi connectivity index (χ3n) is 13.0. The van der Waals surface area contributed by atoms with Crippen molar-refractivity contribution in [1.82, 2.24) is 0 Å². The zero-order valence-electron chi connectivity index (χ0n) is 43.8. The molecule has 0 rings (SSSR count). The van der Waals surface area contributed by atoms with E-state index in [1.165, 1.54) is 205 Å². The van der Waals surface area contributed by atoms with Gasteiger partial charge in [-0.25, -0.2) is 0 Å². The van der Waals surface area contributed by atoms with E-state index in [1.807, 2.05) is 0 Å². The second-order valence-electron chi connectivity index (χ2n) is 19.6. The largest absolute Gasteiger partial charge is 0.462 e. The molecular weight excluding hydrogens is 805 g/mol. The summed E-state index contributed by atoms with van der Waals surface area (Å²) in [6.45, 7) is 6.65. The van der Waals surface area contributed by atoms with Crippen molar-refractivity contribution in [3.05, 3.63) is 24.3 Å². The van der Waals surface area contributed by atoms with Crippen LogP contribution in [0.25, 0.3) is 0 Å². The summed E-state index contributed by atoms with van der Waals surface area (Å²) in [5, 5.41) is 0. The number of esters is 3. The normalized spacial score (nSPS) is 12.1. The minimum absolute atomic E-state index is 0.0692. The summed E-state index contributed by atoms with van der Waals surface area (Å²) in [4.78, 5) is 38.1. The summed E-state index contributed by atoms with van der Waals surface area (Å²) in [7, 11) is 0. The first-order valence-corrected chi connectivity index (χ1v) is 28.8. The Morgan fingerprint density at radius 3 is 0.862 bits per heavy atom. The number of allylic oxidation sites excluding steroid dienone is 4. The Kier molecular flexibility index (Phi) is 52.7. The third kappa shape index (κ3) is 52.7. The van der Waals surface area contributed by atoms with Crippen molar-refractivity contribution in [2.24, 2.45) is 0 Å². The van der Waals surface area contributed by atoms with Crippen LogP contribution in [0.3, 0.4) is 0 Å². The van der Waals surface area contributed by atoms with Crippen molar-refractivity contribution >= 4 is 17.9 Å². The second kappa shape index (κ2) is 54.5. The average molecular weight is 916 g/mol. The number of ether oxygens (including phenoxy) is 3. The van der Waals surface area contributed by atoms with E-state index in [4.69, 9.17) is 14.2 Å². The highest BCUT2D eigenvalue weighted by molar-refractivity contribution is 5.71. The molecule has 0 N–H and O–H groups in total. The predicted octanol–water partition coefficient (Wildman–Crippen LogP) is 19.1. The standard InChI is InChI=1S/C59H110O6/c1-4-7-10-13-16-19-22-24-26-28-30-32-33-35-37-40-43-46-49-52-58(61)64-55-56(54-63-57(60)51-48-45-42-39-21-18-15-12-9-6-3)65-59(62)53-50-47-44-41-38-36-34-31-29-27-25-23-20-17-14-11-8-5-2/h20,23,27,29,56H,4-19,21-22,24-26,28,30-55H2,1-3H3/b23-20-,29-27-. The van der Waals surface area contributed by atoms with Gasteiger partial charge in [0.25, 0.3) is 0 Å². The van der Waals surface area contributed by atoms with Crippen molar-refractivity contribution in [3.8, 4) is 0 Å². The summed E-state index contributed by atoms with van der Waals surface area (Å²) >= 11 is 0. The molecule has 0 aromatic heterocycles. The first-order chi connectivity index (χ1) is 32.0. The number of unbranched alkanes of at least 4 members (excludes halogenated alkanes) is 38. The monoisotopic (exact) mass is 915 g/mol. The fourth-order valence-corrected chi connectivity index (χ4v) is 8.59. The summed E-state index contributed by atoms with van der Waals surface area (Å²) < 4.78 is 16.8. The molecule has 0 aromatic carbocycles. The molecular formula is C59H110O6. The lowest BCUT2D eigenvalue weighted by Gasteiger charge is -2.18. The number of carbonyl (C=O) groups excluding carboxylic acids is 3. The van der Waals surface area contributed by atoms with E-state index >= 15 is 0 Å². The molecule has 0 saturated carbocycles. The molecule has 0 bridgehead atoms. The van der Waals surface area contributed by atoms with Gasteiger partial charge in [0.05, 0.1) is 0 Å². The molecule has 0 aliphatic heterocycles. The quantitative estimate of drug-likeness (QED) is 0.0262. The second-order valence-corrected chi connectivity index (χ2v) is 19.6. The summed E-state index contributed by atoms with van der Waals surface area (Å²) in [5.74, 6) is -0.859. The van der Waals surface area contributed by atoms with Crippen molar-refractivity contribution in [2.45, 2.75) is 322 Å². The van der Waals surface area contributed by atoms with Crippen molar-refractivity contribution in [2.75, 3.05) is 13.2 Å². The summed E-state index contributed by atoms with van der Waals surface area (Å²) in [6, 6.07) is 0. The molecule has 382 valence electrons. The fourth-order valence-electron chi connectivity index (χ4n) is 8.59. The molecule has 1 atom stereocenters. The molecule has 0 amide bonds. The summed E-state index contributed by atoms with van der Waals surface area (Å²) in [5.41, 5.74) is 0. The van der Waals surface area contributed by atoms with Crippen LogP contribution in [0.2, 0.25) is 0 Å². The topological polar surface area (TPSA) is 78.9 Å². The van der Waals surface area contributed by atoms with E-state index in [1.54, 1.807) is 0 Å². The Morgan fingerprint density at radius 1 is 0.308 bits per heavy atom. The fraction of sp³-hybridized carbons (Fsp3) is 0.881. The number of carbonyl (C=O) groups is 3. The molecule has 1 unspecified atom stereocenters. The van der Waals surface area contributed by atoms with Gasteiger partial charge in [0.1, 0.15) is 13.2 Å². The van der Waals surface area contributed by atoms with E-state index < -0.39 is 6.10 Å². The molecule has 0 saturated heterocycles. The van der Waals surface area contributed by atoms with Crippen LogP contribution in [0.1, 0.15) is 316 Å². The molecule has 0 aromatic rings. The first kappa shape index (κ1) is 62.9. The Labute approximate surface area is 404 Å². The van der Waals surface area contributed by atoms with Crippen LogP contribution in [0.4, 0.5) is 0 Å². The molecule has 6 heteroatoms. The van der Waals surface area contributed by atoms with E-state index in [0.29, 0.717) is 19.3 Å².